The highest BCUT2D eigenvalue weighted by Crippen LogP contribution is 2.43. The normalized spacial score (nSPS) is 11.8. The van der Waals surface area contributed by atoms with Crippen LogP contribution in [0, 0.1) is 0 Å². The molecule has 0 spiro atoms. The van der Waals surface area contributed by atoms with E-state index in [1.807, 2.05) is 17.4 Å². The monoisotopic (exact) mass is 691 g/mol. The van der Waals surface area contributed by atoms with Crippen LogP contribution in [0.4, 0.5) is 0 Å². The molecule has 0 bridgehead atoms. The van der Waals surface area contributed by atoms with E-state index in [1.54, 1.807) is 0 Å². The van der Waals surface area contributed by atoms with E-state index in [9.17, 15) is 0 Å². The predicted octanol–water partition coefficient (Wildman–Crippen LogP) is 13.5. The van der Waals surface area contributed by atoms with Crippen molar-refractivity contribution >= 4 is 74.9 Å². The molecule has 0 fully saturated rings. The Morgan fingerprint density at radius 3 is 1.70 bits per heavy atom. The summed E-state index contributed by atoms with van der Waals surface area (Å²) in [6.45, 7) is 0. The van der Waals surface area contributed by atoms with E-state index in [-0.39, 0.29) is 0 Å². The van der Waals surface area contributed by atoms with Crippen LogP contribution in [0.5, 0.6) is 0 Å². The van der Waals surface area contributed by atoms with Gasteiger partial charge in [-0.3, -0.25) is 0 Å². The van der Waals surface area contributed by atoms with Crippen molar-refractivity contribution < 1.29 is 0 Å². The number of hydrogen-bond acceptors (Lipinski definition) is 4. The molecular formula is C49H29N3S. The number of thiophene rings is 1. The number of fused-ring (bicyclic) bond motifs is 9. The standard InChI is InChI=1S/C49H29N3S/c1-2-10-35-29-36(26-21-30(35)9-1)47-40-13-4-7-15-43(40)51-49(52-47)34-24-19-32(20-25-34)31-17-22-33(23-18-31)46-41-28-27-38-37-11-5-8-16-44(37)53-48(38)45(41)39-12-3-6-14-42(39)50-46/h1-29H. The molecule has 3 heterocycles. The lowest BCUT2D eigenvalue weighted by Gasteiger charge is -2.12. The summed E-state index contributed by atoms with van der Waals surface area (Å²) in [7, 11) is 0. The minimum Gasteiger partial charge on any atom is -0.247 e. The van der Waals surface area contributed by atoms with Gasteiger partial charge in [0, 0.05) is 58.4 Å². The van der Waals surface area contributed by atoms with Crippen LogP contribution in [0.2, 0.25) is 0 Å². The van der Waals surface area contributed by atoms with Gasteiger partial charge >= 0.3 is 0 Å². The molecule has 0 atom stereocenters. The van der Waals surface area contributed by atoms with Crippen LogP contribution in [0.15, 0.2) is 176 Å². The lowest BCUT2D eigenvalue weighted by molar-refractivity contribution is 1.23. The summed E-state index contributed by atoms with van der Waals surface area (Å²) >= 11 is 1.87. The topological polar surface area (TPSA) is 38.7 Å². The summed E-state index contributed by atoms with van der Waals surface area (Å²) in [5, 5.41) is 9.73. The molecule has 0 aliphatic rings. The van der Waals surface area contributed by atoms with Crippen molar-refractivity contribution in [3.8, 4) is 45.0 Å². The maximum atomic E-state index is 5.24. The predicted molar refractivity (Wildman–Crippen MR) is 224 cm³/mol. The third kappa shape index (κ3) is 4.91. The molecule has 53 heavy (non-hydrogen) atoms. The molecule has 0 amide bonds. The van der Waals surface area contributed by atoms with E-state index >= 15 is 0 Å². The van der Waals surface area contributed by atoms with Gasteiger partial charge in [-0.2, -0.15) is 0 Å². The molecular weight excluding hydrogens is 663 g/mol. The molecule has 8 aromatic carbocycles. The van der Waals surface area contributed by atoms with Crippen molar-refractivity contribution in [2.24, 2.45) is 0 Å². The van der Waals surface area contributed by atoms with Crippen molar-refractivity contribution in [2.45, 2.75) is 0 Å². The number of aromatic nitrogens is 3. The molecule has 3 nitrogen and oxygen atoms in total. The van der Waals surface area contributed by atoms with E-state index in [0.29, 0.717) is 0 Å². The van der Waals surface area contributed by atoms with Crippen LogP contribution in [0.3, 0.4) is 0 Å². The second kappa shape index (κ2) is 11.9. The highest BCUT2D eigenvalue weighted by atomic mass is 32.1. The Morgan fingerprint density at radius 2 is 0.906 bits per heavy atom. The Bertz CT molecular complexity index is 3220. The lowest BCUT2D eigenvalue weighted by Crippen LogP contribution is -1.95. The van der Waals surface area contributed by atoms with Gasteiger partial charge in [0.05, 0.1) is 22.4 Å². The Hall–Kier alpha value is -6.75. The first-order chi connectivity index (χ1) is 26.2. The average Bonchev–Trinajstić information content (AvgIpc) is 3.62. The Balaban J connectivity index is 0.968. The van der Waals surface area contributed by atoms with Crippen LogP contribution in [-0.4, -0.2) is 15.0 Å². The molecule has 0 unspecified atom stereocenters. The van der Waals surface area contributed by atoms with Crippen molar-refractivity contribution in [3.63, 3.8) is 0 Å². The molecule has 11 aromatic rings. The molecule has 0 aliphatic heterocycles. The summed E-state index contributed by atoms with van der Waals surface area (Å²) in [6.07, 6.45) is 0. The smallest absolute Gasteiger partial charge is 0.160 e. The SMILES string of the molecule is c1ccc2cc(-c3nc(-c4ccc(-c5ccc(-c6nc7ccccc7c7c6ccc6c8ccccc8sc67)cc5)cc4)nc4ccccc34)ccc2c1. The lowest BCUT2D eigenvalue weighted by atomic mass is 9.96. The van der Waals surface area contributed by atoms with Gasteiger partial charge in [-0.05, 0) is 46.2 Å². The first-order valence-electron chi connectivity index (χ1n) is 17.9. The minimum absolute atomic E-state index is 0.718. The van der Waals surface area contributed by atoms with Crippen LogP contribution < -0.4 is 0 Å². The fourth-order valence-electron chi connectivity index (χ4n) is 7.83. The number of para-hydroxylation sites is 2. The van der Waals surface area contributed by atoms with E-state index in [0.717, 1.165) is 61.4 Å². The maximum absolute atomic E-state index is 5.24. The van der Waals surface area contributed by atoms with E-state index in [1.165, 1.54) is 47.1 Å². The second-order valence-electron chi connectivity index (χ2n) is 13.6. The number of rotatable bonds is 4. The van der Waals surface area contributed by atoms with Crippen LogP contribution in [0.1, 0.15) is 0 Å². The fourth-order valence-corrected chi connectivity index (χ4v) is 9.10. The minimum atomic E-state index is 0.718. The summed E-state index contributed by atoms with van der Waals surface area (Å²) in [4.78, 5) is 15.4. The Labute approximate surface area is 309 Å². The zero-order valence-electron chi connectivity index (χ0n) is 28.5. The number of nitrogens with zero attached hydrogens (tertiary/aromatic N) is 3. The largest absolute Gasteiger partial charge is 0.247 e. The van der Waals surface area contributed by atoms with Gasteiger partial charge < -0.3 is 0 Å². The first-order valence-corrected chi connectivity index (χ1v) is 18.7. The number of hydrogen-bond donors (Lipinski definition) is 0. The molecule has 0 saturated carbocycles. The van der Waals surface area contributed by atoms with E-state index in [4.69, 9.17) is 15.0 Å². The van der Waals surface area contributed by atoms with Crippen molar-refractivity contribution in [3.05, 3.63) is 176 Å². The van der Waals surface area contributed by atoms with Gasteiger partial charge in [0.15, 0.2) is 5.82 Å². The molecule has 0 N–H and O–H groups in total. The molecule has 246 valence electrons. The van der Waals surface area contributed by atoms with Crippen LogP contribution >= 0.6 is 11.3 Å². The summed E-state index contributed by atoms with van der Waals surface area (Å²) in [5.41, 5.74) is 9.36. The van der Waals surface area contributed by atoms with Crippen LogP contribution in [0.25, 0.3) is 109 Å². The molecule has 4 heteroatoms. The average molecular weight is 692 g/mol. The van der Waals surface area contributed by atoms with Gasteiger partial charge in [-0.25, -0.2) is 15.0 Å². The zero-order valence-corrected chi connectivity index (χ0v) is 29.3. The summed E-state index contributed by atoms with van der Waals surface area (Å²) in [6, 6.07) is 62.5. The molecule has 11 rings (SSSR count). The zero-order chi connectivity index (χ0) is 34.9. The van der Waals surface area contributed by atoms with Gasteiger partial charge in [0.1, 0.15) is 0 Å². The van der Waals surface area contributed by atoms with Gasteiger partial charge in [0.25, 0.3) is 0 Å². The third-order valence-corrected chi connectivity index (χ3v) is 11.7. The summed E-state index contributed by atoms with van der Waals surface area (Å²) in [5.74, 6) is 0.718. The Morgan fingerprint density at radius 1 is 0.340 bits per heavy atom. The van der Waals surface area contributed by atoms with Gasteiger partial charge in [0.2, 0.25) is 0 Å². The van der Waals surface area contributed by atoms with E-state index in [2.05, 4.69) is 170 Å². The van der Waals surface area contributed by atoms with Gasteiger partial charge in [-0.15, -0.1) is 11.3 Å². The molecule has 0 radical (unpaired) electrons. The third-order valence-electron chi connectivity index (χ3n) is 10.5. The molecule has 3 aromatic heterocycles. The maximum Gasteiger partial charge on any atom is 0.160 e. The first kappa shape index (κ1) is 29.9. The highest BCUT2D eigenvalue weighted by Gasteiger charge is 2.17. The van der Waals surface area contributed by atoms with E-state index < -0.39 is 0 Å². The highest BCUT2D eigenvalue weighted by molar-refractivity contribution is 7.26. The number of benzene rings is 8. The second-order valence-corrected chi connectivity index (χ2v) is 14.6. The Kier molecular flexibility index (Phi) is 6.73. The van der Waals surface area contributed by atoms with Crippen molar-refractivity contribution in [1.82, 2.24) is 15.0 Å². The fraction of sp³-hybridized carbons (Fsp3) is 0. The summed E-state index contributed by atoms with van der Waals surface area (Å²) < 4.78 is 2.63. The number of pyridine rings is 1. The quantitative estimate of drug-likeness (QED) is 0.172. The van der Waals surface area contributed by atoms with Gasteiger partial charge in [-0.1, -0.05) is 152 Å². The van der Waals surface area contributed by atoms with Crippen LogP contribution in [-0.2, 0) is 0 Å². The molecule has 0 saturated heterocycles. The molecule has 0 aliphatic carbocycles. The van der Waals surface area contributed by atoms with Crippen molar-refractivity contribution in [2.75, 3.05) is 0 Å². The van der Waals surface area contributed by atoms with Crippen molar-refractivity contribution in [1.29, 1.82) is 0 Å².